The smallest absolute Gasteiger partial charge is 0.324 e. The molecule has 0 saturated carbocycles. The number of phenolic OH excluding ortho intramolecular Hbond substituents is 1. The molecule has 0 fully saturated rings. The summed E-state index contributed by atoms with van der Waals surface area (Å²) in [5.74, 6) is 1.26. The van der Waals surface area contributed by atoms with Crippen LogP contribution in [0, 0.1) is 12.8 Å². The van der Waals surface area contributed by atoms with Crippen LogP contribution >= 0.6 is 0 Å². The fourth-order valence-corrected chi connectivity index (χ4v) is 8.50. The van der Waals surface area contributed by atoms with Crippen molar-refractivity contribution in [3.05, 3.63) is 129 Å². The van der Waals surface area contributed by atoms with Crippen molar-refractivity contribution >= 4 is 11.6 Å². The van der Waals surface area contributed by atoms with E-state index in [9.17, 15) is 5.11 Å². The highest BCUT2D eigenvalue weighted by Crippen LogP contribution is 2.40. The second-order valence-corrected chi connectivity index (χ2v) is 21.8. The van der Waals surface area contributed by atoms with Crippen molar-refractivity contribution in [1.29, 1.82) is 0 Å². The fraction of sp³-hybridized carbons (Fsp3) is 0.518. The maximum atomic E-state index is 11.5. The number of anilines is 2. The Hall–Kier alpha value is -4.91. The van der Waals surface area contributed by atoms with Gasteiger partial charge in [0, 0.05) is 12.2 Å². The molecule has 5 rings (SSSR count). The van der Waals surface area contributed by atoms with E-state index in [4.69, 9.17) is 24.4 Å². The zero-order chi connectivity index (χ0) is 46.3. The molecule has 0 saturated heterocycles. The molecule has 5 aromatic rings. The van der Waals surface area contributed by atoms with E-state index < -0.39 is 0 Å². The number of benzene rings is 4. The SMILES string of the molecule is CCCCCC(CC)CN(c1ccc(Cc2ccccc2)cc1)c1nc(OCc2cc(C(C)(C)C)c(C)c(C(C)(C)C)c2)nc(OCc2cc(C(C)(C)C)c(O)c(C(C)(C)C)c2)n1. The highest BCUT2D eigenvalue weighted by molar-refractivity contribution is 5.58. The molecule has 7 heteroatoms. The van der Waals surface area contributed by atoms with Crippen LogP contribution in [0.5, 0.6) is 17.8 Å². The van der Waals surface area contributed by atoms with Gasteiger partial charge in [-0.2, -0.15) is 9.97 Å². The van der Waals surface area contributed by atoms with Crippen LogP contribution in [-0.2, 0) is 41.3 Å². The van der Waals surface area contributed by atoms with Crippen molar-refractivity contribution in [3.63, 3.8) is 0 Å². The lowest BCUT2D eigenvalue weighted by atomic mass is 9.76. The van der Waals surface area contributed by atoms with Gasteiger partial charge in [0.05, 0.1) is 0 Å². The number of rotatable bonds is 17. The van der Waals surface area contributed by atoms with Crippen molar-refractivity contribution in [2.45, 2.75) is 177 Å². The van der Waals surface area contributed by atoms with Crippen LogP contribution in [0.4, 0.5) is 11.6 Å². The second-order valence-electron chi connectivity index (χ2n) is 21.8. The van der Waals surface area contributed by atoms with E-state index in [0.717, 1.165) is 53.7 Å². The van der Waals surface area contributed by atoms with Crippen LogP contribution in [0.2, 0.25) is 0 Å². The molecule has 0 aliphatic rings. The molecule has 0 radical (unpaired) electrons. The van der Waals surface area contributed by atoms with Gasteiger partial charge in [0.25, 0.3) is 0 Å². The van der Waals surface area contributed by atoms with E-state index in [0.29, 0.717) is 24.2 Å². The third-order valence-corrected chi connectivity index (χ3v) is 12.2. The summed E-state index contributed by atoms with van der Waals surface area (Å²) in [4.78, 5) is 17.2. The number of hydrogen-bond acceptors (Lipinski definition) is 7. The Labute approximate surface area is 381 Å². The average Bonchev–Trinajstić information content (AvgIpc) is 3.20. The first-order valence-corrected chi connectivity index (χ1v) is 23.4. The van der Waals surface area contributed by atoms with Gasteiger partial charge in [-0.05, 0) is 122 Å². The number of unbranched alkanes of at least 4 members (excludes halogenated alkanes) is 2. The van der Waals surface area contributed by atoms with Gasteiger partial charge in [0.15, 0.2) is 0 Å². The summed E-state index contributed by atoms with van der Waals surface area (Å²) in [5.41, 5.74) is 10.6. The van der Waals surface area contributed by atoms with Gasteiger partial charge in [-0.3, -0.25) is 0 Å². The number of hydrogen-bond donors (Lipinski definition) is 1. The molecule has 4 aromatic carbocycles. The normalized spacial score (nSPS) is 12.9. The Balaban J connectivity index is 1.61. The minimum absolute atomic E-state index is 0.0422. The summed E-state index contributed by atoms with van der Waals surface area (Å²) in [6.07, 6.45) is 6.60. The maximum absolute atomic E-state index is 11.5. The molecule has 1 atom stereocenters. The molecular weight excluding hydrogens is 777 g/mol. The largest absolute Gasteiger partial charge is 0.507 e. The lowest BCUT2D eigenvalue weighted by Crippen LogP contribution is -2.27. The summed E-state index contributed by atoms with van der Waals surface area (Å²) in [6, 6.07) is 28.5. The first-order valence-electron chi connectivity index (χ1n) is 23.4. The molecule has 0 amide bonds. The Bertz CT molecular complexity index is 2080. The second kappa shape index (κ2) is 20.3. The molecule has 63 heavy (non-hydrogen) atoms. The summed E-state index contributed by atoms with van der Waals surface area (Å²) >= 11 is 0. The van der Waals surface area contributed by atoms with E-state index in [1.165, 1.54) is 47.1 Å². The summed E-state index contributed by atoms with van der Waals surface area (Å²) < 4.78 is 13.2. The van der Waals surface area contributed by atoms with Gasteiger partial charge in [-0.1, -0.05) is 177 Å². The molecular formula is C56H78N4O3. The van der Waals surface area contributed by atoms with Gasteiger partial charge in [0.1, 0.15) is 19.0 Å². The molecule has 1 heterocycles. The zero-order valence-electron chi connectivity index (χ0n) is 41.5. The quantitative estimate of drug-likeness (QED) is 0.0933. The van der Waals surface area contributed by atoms with E-state index >= 15 is 0 Å². The Morgan fingerprint density at radius 2 is 1.03 bits per heavy atom. The van der Waals surface area contributed by atoms with Crippen LogP contribution < -0.4 is 14.4 Å². The molecule has 1 aromatic heterocycles. The molecule has 0 bridgehead atoms. The lowest BCUT2D eigenvalue weighted by molar-refractivity contribution is 0.249. The Morgan fingerprint density at radius 1 is 0.571 bits per heavy atom. The van der Waals surface area contributed by atoms with Crippen molar-refractivity contribution < 1.29 is 14.6 Å². The van der Waals surface area contributed by atoms with Crippen molar-refractivity contribution in [1.82, 2.24) is 15.0 Å². The molecule has 7 nitrogen and oxygen atoms in total. The summed E-state index contributed by atoms with van der Waals surface area (Å²) in [6.45, 7) is 34.4. The molecule has 1 N–H and O–H groups in total. The van der Waals surface area contributed by atoms with Gasteiger partial charge < -0.3 is 19.5 Å². The minimum Gasteiger partial charge on any atom is -0.507 e. The fourth-order valence-electron chi connectivity index (χ4n) is 8.50. The van der Waals surface area contributed by atoms with Crippen molar-refractivity contribution in [3.8, 4) is 17.8 Å². The number of phenols is 1. The molecule has 1 unspecified atom stereocenters. The Morgan fingerprint density at radius 3 is 1.48 bits per heavy atom. The van der Waals surface area contributed by atoms with E-state index in [-0.39, 0.29) is 40.3 Å². The van der Waals surface area contributed by atoms with Gasteiger partial charge in [-0.15, -0.1) is 4.98 Å². The standard InChI is InChI=1S/C56H78N4O3/c1-16-18-20-23-39(17-2)35-60(44-28-26-41(27-29-44)30-40-24-21-19-22-25-40)50-57-51(62-36-42-31-45(53(4,5)6)38(3)46(32-42)54(7,8)9)59-52(58-50)63-37-43-33-47(55(10,11)12)49(61)48(34-43)56(13,14)15/h19,21-22,24-29,31-34,39,61H,16-18,20,23,30,35-37H2,1-15H3. The van der Waals surface area contributed by atoms with Crippen LogP contribution in [0.25, 0.3) is 0 Å². The predicted octanol–water partition coefficient (Wildman–Crippen LogP) is 14.6. The average molecular weight is 855 g/mol. The summed E-state index contributed by atoms with van der Waals surface area (Å²) in [7, 11) is 0. The molecule has 0 aliphatic heterocycles. The first-order chi connectivity index (χ1) is 29.5. The third kappa shape index (κ3) is 13.3. The third-order valence-electron chi connectivity index (χ3n) is 12.2. The Kier molecular flexibility index (Phi) is 15.8. The topological polar surface area (TPSA) is 80.6 Å². The van der Waals surface area contributed by atoms with Crippen molar-refractivity contribution in [2.24, 2.45) is 5.92 Å². The maximum Gasteiger partial charge on any atom is 0.324 e. The number of nitrogens with zero attached hydrogens (tertiary/aromatic N) is 4. The zero-order valence-corrected chi connectivity index (χ0v) is 41.5. The monoisotopic (exact) mass is 855 g/mol. The molecule has 0 spiro atoms. The number of ether oxygens (including phenoxy) is 2. The lowest BCUT2D eigenvalue weighted by Gasteiger charge is -2.30. The van der Waals surface area contributed by atoms with E-state index in [2.05, 4.69) is 175 Å². The molecule has 340 valence electrons. The highest BCUT2D eigenvalue weighted by Gasteiger charge is 2.28. The van der Waals surface area contributed by atoms with Crippen molar-refractivity contribution in [2.75, 3.05) is 11.4 Å². The van der Waals surface area contributed by atoms with Crippen LogP contribution in [0.3, 0.4) is 0 Å². The van der Waals surface area contributed by atoms with E-state index in [1.807, 2.05) is 12.1 Å². The van der Waals surface area contributed by atoms with Gasteiger partial charge in [-0.25, -0.2) is 0 Å². The predicted molar refractivity (Wildman–Crippen MR) is 263 cm³/mol. The first kappa shape index (κ1) is 49.1. The highest BCUT2D eigenvalue weighted by atomic mass is 16.5. The van der Waals surface area contributed by atoms with Gasteiger partial charge in [0.2, 0.25) is 5.95 Å². The van der Waals surface area contributed by atoms with Gasteiger partial charge >= 0.3 is 12.0 Å². The summed E-state index contributed by atoms with van der Waals surface area (Å²) in [5, 5.41) is 11.5. The van der Waals surface area contributed by atoms with Crippen LogP contribution in [0.1, 0.15) is 179 Å². The molecule has 0 aliphatic carbocycles. The minimum atomic E-state index is -0.277. The van der Waals surface area contributed by atoms with Crippen LogP contribution in [0.15, 0.2) is 78.9 Å². The number of aromatic hydroxyl groups is 1. The van der Waals surface area contributed by atoms with Crippen LogP contribution in [-0.4, -0.2) is 26.6 Å². The van der Waals surface area contributed by atoms with E-state index in [1.54, 1.807) is 0 Å². The number of aromatic nitrogens is 3.